The number of halogens is 1. The van der Waals surface area contributed by atoms with Crippen molar-refractivity contribution in [3.05, 3.63) is 58.4 Å². The predicted octanol–water partition coefficient (Wildman–Crippen LogP) is 3.29. The molecule has 4 aromatic heterocycles. The monoisotopic (exact) mass is 502 g/mol. The standard InChI is InChI=1S/C22H23ClN6O4S/c1-3-7-17-18-19(28-29(17)13-14-8-5-6-9-24-14)21(30)27-20(26-18)16-11-15(34(23,31)32)12-25-22(16)33-10-4-2/h5-6,8-9,11-12H,3-4,7,10,13H2,1-2H3,(H,26,27,30). The minimum absolute atomic E-state index is 0.119. The molecule has 1 N–H and O–H groups in total. The summed E-state index contributed by atoms with van der Waals surface area (Å²) in [6.45, 7) is 4.68. The summed E-state index contributed by atoms with van der Waals surface area (Å²) in [4.78, 5) is 28.6. The average Bonchev–Trinajstić information content (AvgIpc) is 3.15. The van der Waals surface area contributed by atoms with E-state index in [0.29, 0.717) is 31.5 Å². The maximum atomic E-state index is 13.0. The second-order valence-corrected chi connectivity index (χ2v) is 10.2. The summed E-state index contributed by atoms with van der Waals surface area (Å²) >= 11 is 0. The van der Waals surface area contributed by atoms with Crippen molar-refractivity contribution < 1.29 is 13.2 Å². The Labute approximate surface area is 200 Å². The van der Waals surface area contributed by atoms with Crippen molar-refractivity contribution in [2.24, 2.45) is 0 Å². The molecule has 0 saturated carbocycles. The van der Waals surface area contributed by atoms with Gasteiger partial charge in [-0.15, -0.1) is 0 Å². The van der Waals surface area contributed by atoms with Gasteiger partial charge in [0, 0.05) is 16.9 Å². The van der Waals surface area contributed by atoms with Crippen molar-refractivity contribution in [3.63, 3.8) is 0 Å². The topological polar surface area (TPSA) is 133 Å². The van der Waals surface area contributed by atoms with Crippen LogP contribution in [0.2, 0.25) is 0 Å². The van der Waals surface area contributed by atoms with Crippen molar-refractivity contribution in [2.45, 2.75) is 44.6 Å². The summed E-state index contributed by atoms with van der Waals surface area (Å²) in [6, 6.07) is 6.89. The lowest BCUT2D eigenvalue weighted by molar-refractivity contribution is 0.306. The molecule has 0 amide bonds. The van der Waals surface area contributed by atoms with E-state index in [1.165, 1.54) is 6.07 Å². The van der Waals surface area contributed by atoms with Gasteiger partial charge in [-0.25, -0.2) is 18.4 Å². The lowest BCUT2D eigenvalue weighted by Crippen LogP contribution is -2.11. The lowest BCUT2D eigenvalue weighted by Gasteiger charge is -2.10. The summed E-state index contributed by atoms with van der Waals surface area (Å²) in [5.74, 6) is 0.263. The second-order valence-electron chi connectivity index (χ2n) is 7.60. The number of nitrogens with one attached hydrogen (secondary N) is 1. The Hall–Kier alpha value is -3.31. The summed E-state index contributed by atoms with van der Waals surface area (Å²) in [5.41, 5.74) is 1.95. The van der Waals surface area contributed by atoms with Crippen LogP contribution in [0.1, 0.15) is 38.1 Å². The number of pyridine rings is 2. The second kappa shape index (κ2) is 9.90. The molecule has 0 atom stereocenters. The van der Waals surface area contributed by atoms with Gasteiger partial charge in [-0.2, -0.15) is 5.10 Å². The molecule has 0 spiro atoms. The molecule has 34 heavy (non-hydrogen) atoms. The van der Waals surface area contributed by atoms with Gasteiger partial charge in [0.2, 0.25) is 5.88 Å². The predicted molar refractivity (Wildman–Crippen MR) is 128 cm³/mol. The van der Waals surface area contributed by atoms with Gasteiger partial charge < -0.3 is 9.72 Å². The van der Waals surface area contributed by atoms with E-state index in [1.807, 2.05) is 32.0 Å². The molecule has 10 nitrogen and oxygen atoms in total. The first-order chi connectivity index (χ1) is 16.3. The molecule has 4 heterocycles. The number of hydrogen-bond acceptors (Lipinski definition) is 8. The van der Waals surface area contributed by atoms with Crippen LogP contribution in [0.3, 0.4) is 0 Å². The zero-order chi connectivity index (χ0) is 24.3. The van der Waals surface area contributed by atoms with Crippen LogP contribution in [0, 0.1) is 0 Å². The number of fused-ring (bicyclic) bond motifs is 1. The quantitative estimate of drug-likeness (QED) is 0.345. The fourth-order valence-corrected chi connectivity index (χ4v) is 4.19. The molecule has 0 radical (unpaired) electrons. The highest BCUT2D eigenvalue weighted by atomic mass is 35.7. The Balaban J connectivity index is 1.90. The smallest absolute Gasteiger partial charge is 0.279 e. The van der Waals surface area contributed by atoms with Crippen LogP contribution in [0.15, 0.2) is 46.3 Å². The van der Waals surface area contributed by atoms with Crippen molar-refractivity contribution in [3.8, 4) is 17.3 Å². The molecule has 178 valence electrons. The van der Waals surface area contributed by atoms with E-state index in [4.69, 9.17) is 15.4 Å². The zero-order valence-electron chi connectivity index (χ0n) is 18.7. The van der Waals surface area contributed by atoms with Gasteiger partial charge in [0.15, 0.2) is 5.52 Å². The summed E-state index contributed by atoms with van der Waals surface area (Å²) in [5, 5.41) is 4.50. The van der Waals surface area contributed by atoms with E-state index in [2.05, 4.69) is 25.0 Å². The van der Waals surface area contributed by atoms with E-state index < -0.39 is 14.6 Å². The molecule has 0 aromatic carbocycles. The first-order valence-electron chi connectivity index (χ1n) is 10.8. The minimum atomic E-state index is -4.06. The number of H-pyrrole nitrogens is 1. The highest BCUT2D eigenvalue weighted by molar-refractivity contribution is 8.13. The van der Waals surface area contributed by atoms with Crippen LogP contribution in [-0.2, 0) is 22.0 Å². The molecule has 4 aromatic rings. The van der Waals surface area contributed by atoms with Crippen molar-refractivity contribution >= 4 is 30.8 Å². The van der Waals surface area contributed by atoms with Crippen molar-refractivity contribution in [1.29, 1.82) is 0 Å². The molecule has 0 saturated heterocycles. The average molecular weight is 503 g/mol. The van der Waals surface area contributed by atoms with E-state index in [-0.39, 0.29) is 27.7 Å². The van der Waals surface area contributed by atoms with Gasteiger partial charge in [-0.05, 0) is 31.0 Å². The van der Waals surface area contributed by atoms with Gasteiger partial charge in [0.1, 0.15) is 16.2 Å². The Morgan fingerprint density at radius 3 is 2.65 bits per heavy atom. The summed E-state index contributed by atoms with van der Waals surface area (Å²) in [6.07, 6.45) is 4.96. The lowest BCUT2D eigenvalue weighted by atomic mass is 10.2. The molecular formula is C22H23ClN6O4S. The van der Waals surface area contributed by atoms with Crippen LogP contribution in [-0.4, -0.2) is 44.7 Å². The molecular weight excluding hydrogens is 480 g/mol. The third-order valence-electron chi connectivity index (χ3n) is 5.03. The molecule has 0 unspecified atom stereocenters. The Bertz CT molecular complexity index is 1480. The summed E-state index contributed by atoms with van der Waals surface area (Å²) in [7, 11) is 1.47. The Morgan fingerprint density at radius 2 is 1.97 bits per heavy atom. The fraction of sp³-hybridized carbons (Fsp3) is 0.318. The summed E-state index contributed by atoms with van der Waals surface area (Å²) < 4.78 is 31.2. The zero-order valence-corrected chi connectivity index (χ0v) is 20.2. The van der Waals surface area contributed by atoms with Crippen LogP contribution < -0.4 is 10.3 Å². The molecule has 0 fully saturated rings. The van der Waals surface area contributed by atoms with Crippen molar-refractivity contribution in [1.82, 2.24) is 29.7 Å². The fourth-order valence-electron chi connectivity index (χ4n) is 3.50. The highest BCUT2D eigenvalue weighted by Crippen LogP contribution is 2.30. The molecule has 0 aliphatic heterocycles. The highest BCUT2D eigenvalue weighted by Gasteiger charge is 2.21. The number of aromatic amines is 1. The van der Waals surface area contributed by atoms with Crippen molar-refractivity contribution in [2.75, 3.05) is 6.61 Å². The maximum absolute atomic E-state index is 13.0. The molecule has 0 aliphatic carbocycles. The molecule has 12 heteroatoms. The van der Waals surface area contributed by atoms with Gasteiger partial charge in [0.05, 0.1) is 36.3 Å². The first-order valence-corrected chi connectivity index (χ1v) is 13.1. The third kappa shape index (κ3) is 4.95. The first kappa shape index (κ1) is 23.8. The van der Waals surface area contributed by atoms with Crippen LogP contribution in [0.25, 0.3) is 22.4 Å². The SMILES string of the molecule is CCCOc1ncc(S(=O)(=O)Cl)cc1-c1nc2c(CCC)n(Cc3ccccn3)nc2c(=O)[nH]1. The number of hydrogen-bond donors (Lipinski definition) is 1. The number of ether oxygens (including phenoxy) is 1. The normalized spacial score (nSPS) is 11.7. The van der Waals surface area contributed by atoms with E-state index in [0.717, 1.165) is 24.0 Å². The molecule has 0 bridgehead atoms. The maximum Gasteiger partial charge on any atom is 0.279 e. The number of rotatable bonds is 9. The van der Waals surface area contributed by atoms with Gasteiger partial charge in [-0.1, -0.05) is 26.3 Å². The largest absolute Gasteiger partial charge is 0.477 e. The van der Waals surface area contributed by atoms with Crippen LogP contribution in [0.4, 0.5) is 0 Å². The minimum Gasteiger partial charge on any atom is -0.477 e. The van der Waals surface area contributed by atoms with Crippen LogP contribution in [0.5, 0.6) is 5.88 Å². The van der Waals surface area contributed by atoms with Gasteiger partial charge in [0.25, 0.3) is 14.6 Å². The Kier molecular flexibility index (Phi) is 6.94. The number of aryl methyl sites for hydroxylation is 1. The number of nitrogens with zero attached hydrogens (tertiary/aromatic N) is 5. The molecule has 0 aliphatic rings. The third-order valence-corrected chi connectivity index (χ3v) is 6.35. The van der Waals surface area contributed by atoms with E-state index >= 15 is 0 Å². The van der Waals surface area contributed by atoms with Gasteiger partial charge in [-0.3, -0.25) is 14.5 Å². The van der Waals surface area contributed by atoms with Crippen LogP contribution >= 0.6 is 10.7 Å². The van der Waals surface area contributed by atoms with E-state index in [9.17, 15) is 13.2 Å². The number of aromatic nitrogens is 6. The van der Waals surface area contributed by atoms with Gasteiger partial charge >= 0.3 is 0 Å². The Morgan fingerprint density at radius 1 is 1.15 bits per heavy atom. The molecule has 4 rings (SSSR count). The van der Waals surface area contributed by atoms with E-state index in [1.54, 1.807) is 10.9 Å².